The molecule has 0 spiro atoms. The zero-order valence-corrected chi connectivity index (χ0v) is 13.3. The molecule has 0 aromatic heterocycles. The Morgan fingerprint density at radius 1 is 1.24 bits per heavy atom. The average molecular weight is 296 g/mol. The summed E-state index contributed by atoms with van der Waals surface area (Å²) in [7, 11) is 0. The number of ether oxygens (including phenoxy) is 1. The molecule has 0 bridgehead atoms. The molecule has 2 rings (SSSR count). The number of fused-ring (bicyclic) bond motifs is 1. The third-order valence-electron chi connectivity index (χ3n) is 4.48. The Morgan fingerprint density at radius 3 is 2.76 bits per heavy atom. The van der Waals surface area contributed by atoms with E-state index >= 15 is 0 Å². The van der Waals surface area contributed by atoms with E-state index in [1.165, 1.54) is 0 Å². The van der Waals surface area contributed by atoms with Gasteiger partial charge in [-0.25, -0.2) is 0 Å². The monoisotopic (exact) mass is 296 g/mol. The van der Waals surface area contributed by atoms with E-state index in [0.717, 1.165) is 32.1 Å². The van der Waals surface area contributed by atoms with Gasteiger partial charge in [0, 0.05) is 31.7 Å². The van der Waals surface area contributed by atoms with Crippen LogP contribution in [0.2, 0.25) is 0 Å². The fourth-order valence-electron chi connectivity index (χ4n) is 3.38. The highest BCUT2D eigenvalue weighted by atomic mass is 16.5. The molecular formula is C16H28N2O3. The summed E-state index contributed by atoms with van der Waals surface area (Å²) in [5.41, 5.74) is 0. The zero-order chi connectivity index (χ0) is 15.2. The van der Waals surface area contributed by atoms with Gasteiger partial charge >= 0.3 is 0 Å². The number of hydrogen-bond donors (Lipinski definition) is 1. The molecule has 21 heavy (non-hydrogen) atoms. The van der Waals surface area contributed by atoms with Crippen LogP contribution in [0.5, 0.6) is 0 Å². The summed E-state index contributed by atoms with van der Waals surface area (Å²) in [6, 6.07) is 0.0618. The normalized spacial score (nSPS) is 28.5. The van der Waals surface area contributed by atoms with Gasteiger partial charge in [0.25, 0.3) is 0 Å². The number of hydrogen-bond acceptors (Lipinski definition) is 3. The van der Waals surface area contributed by atoms with Crippen LogP contribution in [-0.2, 0) is 14.3 Å². The van der Waals surface area contributed by atoms with Crippen molar-refractivity contribution >= 4 is 11.8 Å². The van der Waals surface area contributed by atoms with Crippen molar-refractivity contribution in [2.24, 2.45) is 11.8 Å². The lowest BCUT2D eigenvalue weighted by Gasteiger charge is -2.40. The molecule has 5 nitrogen and oxygen atoms in total. The summed E-state index contributed by atoms with van der Waals surface area (Å²) in [5.74, 6) is 0.173. The van der Waals surface area contributed by atoms with Gasteiger partial charge in [0.05, 0.1) is 12.5 Å². The molecular weight excluding hydrogens is 268 g/mol. The maximum Gasteiger partial charge on any atom is 0.225 e. The molecule has 1 saturated heterocycles. The smallest absolute Gasteiger partial charge is 0.225 e. The molecule has 5 heteroatoms. The van der Waals surface area contributed by atoms with Crippen molar-refractivity contribution in [2.45, 2.75) is 52.0 Å². The Labute approximate surface area is 127 Å². The van der Waals surface area contributed by atoms with Gasteiger partial charge in [0.1, 0.15) is 0 Å². The molecule has 1 heterocycles. The molecule has 120 valence electrons. The first-order chi connectivity index (χ1) is 10.1. The van der Waals surface area contributed by atoms with Crippen LogP contribution < -0.4 is 5.32 Å². The van der Waals surface area contributed by atoms with Gasteiger partial charge in [-0.05, 0) is 19.3 Å². The van der Waals surface area contributed by atoms with E-state index in [0.29, 0.717) is 26.3 Å². The van der Waals surface area contributed by atoms with Crippen molar-refractivity contribution in [3.05, 3.63) is 0 Å². The molecule has 2 aliphatic rings. The Bertz CT molecular complexity index is 371. The summed E-state index contributed by atoms with van der Waals surface area (Å²) < 4.78 is 5.50. The highest BCUT2D eigenvalue weighted by Crippen LogP contribution is 2.30. The minimum Gasteiger partial charge on any atom is -0.380 e. The van der Waals surface area contributed by atoms with Crippen molar-refractivity contribution in [1.29, 1.82) is 0 Å². The van der Waals surface area contributed by atoms with Crippen LogP contribution in [-0.4, -0.2) is 49.1 Å². The molecule has 2 amide bonds. The molecule has 1 N–H and O–H groups in total. The van der Waals surface area contributed by atoms with Gasteiger partial charge < -0.3 is 15.0 Å². The lowest BCUT2D eigenvalue weighted by atomic mass is 9.82. The number of amides is 2. The second-order valence-corrected chi connectivity index (χ2v) is 6.40. The number of rotatable bonds is 1. The number of carbonyl (C=O) groups excluding carboxylic acids is 2. The highest BCUT2D eigenvalue weighted by Gasteiger charge is 2.37. The molecule has 0 unspecified atom stereocenters. The Morgan fingerprint density at radius 2 is 2.00 bits per heavy atom. The van der Waals surface area contributed by atoms with Gasteiger partial charge in [-0.15, -0.1) is 0 Å². The molecule has 2 fully saturated rings. The summed E-state index contributed by atoms with van der Waals surface area (Å²) >= 11 is 0. The van der Waals surface area contributed by atoms with E-state index < -0.39 is 0 Å². The fraction of sp³-hybridized carbons (Fsp3) is 0.875. The topological polar surface area (TPSA) is 58.6 Å². The molecule has 0 aromatic carbocycles. The average Bonchev–Trinajstić information content (AvgIpc) is 2.52. The number of nitrogens with one attached hydrogen (secondary N) is 1. The largest absolute Gasteiger partial charge is 0.380 e. The lowest BCUT2D eigenvalue weighted by Crippen LogP contribution is -2.52. The summed E-state index contributed by atoms with van der Waals surface area (Å²) in [5, 5.41) is 2.97. The van der Waals surface area contributed by atoms with Crippen LogP contribution in [0.25, 0.3) is 0 Å². The van der Waals surface area contributed by atoms with E-state index in [9.17, 15) is 9.59 Å². The van der Waals surface area contributed by atoms with E-state index in [4.69, 9.17) is 4.74 Å². The van der Waals surface area contributed by atoms with E-state index in [2.05, 4.69) is 5.32 Å². The SMILES string of the molecule is CC(C)C(=O)N1CCCOCCNC(=O)[C@@H]2CCCC[C@@H]21. The van der Waals surface area contributed by atoms with Gasteiger partial charge in [-0.3, -0.25) is 9.59 Å². The zero-order valence-electron chi connectivity index (χ0n) is 13.3. The Kier molecular flexibility index (Phi) is 6.03. The van der Waals surface area contributed by atoms with E-state index in [1.54, 1.807) is 0 Å². The first-order valence-electron chi connectivity index (χ1n) is 8.27. The van der Waals surface area contributed by atoms with Crippen molar-refractivity contribution in [2.75, 3.05) is 26.3 Å². The Balaban J connectivity index is 2.20. The Hall–Kier alpha value is -1.10. The molecule has 2 atom stereocenters. The maximum absolute atomic E-state index is 12.6. The lowest BCUT2D eigenvalue weighted by molar-refractivity contribution is -0.141. The molecule has 1 saturated carbocycles. The first kappa shape index (κ1) is 16.3. The predicted molar refractivity (Wildman–Crippen MR) is 80.7 cm³/mol. The van der Waals surface area contributed by atoms with E-state index in [1.807, 2.05) is 18.7 Å². The van der Waals surface area contributed by atoms with Crippen molar-refractivity contribution in [3.8, 4) is 0 Å². The quantitative estimate of drug-likeness (QED) is 0.799. The summed E-state index contributed by atoms with van der Waals surface area (Å²) in [6.45, 7) is 6.34. The van der Waals surface area contributed by atoms with Crippen LogP contribution in [0, 0.1) is 11.8 Å². The molecule has 0 radical (unpaired) electrons. The fourth-order valence-corrected chi connectivity index (χ4v) is 3.38. The number of carbonyl (C=O) groups is 2. The third kappa shape index (κ3) is 4.19. The van der Waals surface area contributed by atoms with Gasteiger partial charge in [0.2, 0.25) is 11.8 Å². The highest BCUT2D eigenvalue weighted by molar-refractivity contribution is 5.82. The maximum atomic E-state index is 12.6. The second kappa shape index (κ2) is 7.78. The standard InChI is InChI=1S/C16H28N2O3/c1-12(2)16(20)18-9-5-10-21-11-8-17-15(19)13-6-3-4-7-14(13)18/h12-14H,3-11H2,1-2H3,(H,17,19)/t13-,14+/m1/s1. The first-order valence-corrected chi connectivity index (χ1v) is 8.27. The van der Waals surface area contributed by atoms with Gasteiger partial charge in [-0.2, -0.15) is 0 Å². The van der Waals surface area contributed by atoms with Crippen LogP contribution in [0.3, 0.4) is 0 Å². The van der Waals surface area contributed by atoms with Crippen LogP contribution >= 0.6 is 0 Å². The minimum absolute atomic E-state index is 0.0262. The van der Waals surface area contributed by atoms with Crippen molar-refractivity contribution in [1.82, 2.24) is 10.2 Å². The summed E-state index contributed by atoms with van der Waals surface area (Å²) in [6.07, 6.45) is 4.86. The van der Waals surface area contributed by atoms with Gasteiger partial charge in [-0.1, -0.05) is 26.7 Å². The van der Waals surface area contributed by atoms with Crippen LogP contribution in [0.15, 0.2) is 0 Å². The molecule has 0 aromatic rings. The molecule has 1 aliphatic carbocycles. The van der Waals surface area contributed by atoms with Crippen molar-refractivity contribution < 1.29 is 14.3 Å². The third-order valence-corrected chi connectivity index (χ3v) is 4.48. The summed E-state index contributed by atoms with van der Waals surface area (Å²) in [4.78, 5) is 26.9. The number of nitrogens with zero attached hydrogens (tertiary/aromatic N) is 1. The van der Waals surface area contributed by atoms with Crippen LogP contribution in [0.1, 0.15) is 46.0 Å². The van der Waals surface area contributed by atoms with Gasteiger partial charge in [0.15, 0.2) is 0 Å². The minimum atomic E-state index is -0.0560. The van der Waals surface area contributed by atoms with Crippen molar-refractivity contribution in [3.63, 3.8) is 0 Å². The van der Waals surface area contributed by atoms with E-state index in [-0.39, 0.29) is 29.7 Å². The predicted octanol–water partition coefficient (Wildman–Crippen LogP) is 1.57. The molecule has 1 aliphatic heterocycles. The van der Waals surface area contributed by atoms with Crippen LogP contribution in [0.4, 0.5) is 0 Å². The second-order valence-electron chi connectivity index (χ2n) is 6.40.